The minimum Gasteiger partial charge on any atom is -0.449 e. The SMILES string of the molecule is Cc1cccc(CNNc2nc(CCCOC(=O)Nc3ccc(C(C)(F)F)cc3)cc(N(C)C)n2)c1. The Labute approximate surface area is 210 Å². The Balaban J connectivity index is 1.47. The van der Waals surface area contributed by atoms with Gasteiger partial charge in [0.1, 0.15) is 5.82 Å². The molecular formula is C26H32F2N6O2. The zero-order valence-corrected chi connectivity index (χ0v) is 20.9. The maximum absolute atomic E-state index is 13.3. The van der Waals surface area contributed by atoms with E-state index >= 15 is 0 Å². The van der Waals surface area contributed by atoms with Crippen molar-refractivity contribution >= 4 is 23.5 Å². The maximum Gasteiger partial charge on any atom is 0.411 e. The molecule has 0 aliphatic rings. The zero-order valence-electron chi connectivity index (χ0n) is 20.9. The van der Waals surface area contributed by atoms with E-state index in [0.29, 0.717) is 31.0 Å². The number of hydrogen-bond donors (Lipinski definition) is 3. The van der Waals surface area contributed by atoms with Gasteiger partial charge in [0.05, 0.1) is 6.61 Å². The molecule has 0 aliphatic carbocycles. The van der Waals surface area contributed by atoms with Crippen molar-refractivity contribution in [3.63, 3.8) is 0 Å². The second-order valence-electron chi connectivity index (χ2n) is 8.73. The normalized spacial score (nSPS) is 11.2. The molecule has 10 heteroatoms. The number of hydrazine groups is 1. The molecule has 0 aliphatic heterocycles. The summed E-state index contributed by atoms with van der Waals surface area (Å²) < 4.78 is 31.8. The van der Waals surface area contributed by atoms with Gasteiger partial charge in [0.2, 0.25) is 5.95 Å². The van der Waals surface area contributed by atoms with Crippen molar-refractivity contribution in [3.8, 4) is 0 Å². The van der Waals surface area contributed by atoms with E-state index in [1.165, 1.54) is 29.8 Å². The minimum absolute atomic E-state index is 0.123. The number of aryl methyl sites for hydroxylation is 2. The average molecular weight is 499 g/mol. The Morgan fingerprint density at radius 3 is 2.50 bits per heavy atom. The number of nitrogens with zero attached hydrogens (tertiary/aromatic N) is 3. The first-order chi connectivity index (χ1) is 17.1. The summed E-state index contributed by atoms with van der Waals surface area (Å²) >= 11 is 0. The highest BCUT2D eigenvalue weighted by molar-refractivity contribution is 5.84. The molecule has 0 atom stereocenters. The number of carbonyl (C=O) groups excluding carboxylic acids is 1. The molecule has 0 saturated carbocycles. The number of ether oxygens (including phenoxy) is 1. The van der Waals surface area contributed by atoms with E-state index < -0.39 is 12.0 Å². The summed E-state index contributed by atoms with van der Waals surface area (Å²) in [7, 11) is 3.80. The molecule has 1 aromatic heterocycles. The first-order valence-corrected chi connectivity index (χ1v) is 11.6. The van der Waals surface area contributed by atoms with E-state index in [1.54, 1.807) is 0 Å². The summed E-state index contributed by atoms with van der Waals surface area (Å²) in [5.74, 6) is -1.73. The first-order valence-electron chi connectivity index (χ1n) is 11.6. The third-order valence-corrected chi connectivity index (χ3v) is 5.25. The summed E-state index contributed by atoms with van der Waals surface area (Å²) in [6.45, 7) is 3.66. The van der Waals surface area contributed by atoms with Crippen LogP contribution in [0.15, 0.2) is 54.6 Å². The smallest absolute Gasteiger partial charge is 0.411 e. The Bertz CT molecular complexity index is 1150. The quantitative estimate of drug-likeness (QED) is 0.245. The summed E-state index contributed by atoms with van der Waals surface area (Å²) in [6.07, 6.45) is 0.475. The van der Waals surface area contributed by atoms with Crippen molar-refractivity contribution < 1.29 is 18.3 Å². The molecule has 0 radical (unpaired) electrons. The first kappa shape index (κ1) is 26.8. The van der Waals surface area contributed by atoms with Crippen LogP contribution >= 0.6 is 0 Å². The van der Waals surface area contributed by atoms with Gasteiger partial charge in [-0.15, -0.1) is 0 Å². The summed E-state index contributed by atoms with van der Waals surface area (Å²) in [6, 6.07) is 15.5. The fourth-order valence-electron chi connectivity index (χ4n) is 3.36. The van der Waals surface area contributed by atoms with Gasteiger partial charge in [-0.1, -0.05) is 42.0 Å². The Morgan fingerprint density at radius 1 is 1.08 bits per heavy atom. The van der Waals surface area contributed by atoms with Crippen LogP contribution in [0, 0.1) is 6.92 Å². The molecule has 8 nitrogen and oxygen atoms in total. The van der Waals surface area contributed by atoms with Gasteiger partial charge in [0.15, 0.2) is 0 Å². The number of alkyl halides is 2. The molecular weight excluding hydrogens is 466 g/mol. The molecule has 3 rings (SSSR count). The van der Waals surface area contributed by atoms with Crippen LogP contribution in [0.4, 0.5) is 31.0 Å². The monoisotopic (exact) mass is 498 g/mol. The van der Waals surface area contributed by atoms with Gasteiger partial charge in [0, 0.05) is 50.6 Å². The largest absolute Gasteiger partial charge is 0.449 e. The molecule has 0 spiro atoms. The van der Waals surface area contributed by atoms with Gasteiger partial charge in [-0.25, -0.2) is 24.0 Å². The molecule has 0 unspecified atom stereocenters. The van der Waals surface area contributed by atoms with Gasteiger partial charge in [0.25, 0.3) is 5.92 Å². The molecule has 2 aromatic carbocycles. The van der Waals surface area contributed by atoms with Crippen LogP contribution in [0.25, 0.3) is 0 Å². The number of carbonyl (C=O) groups is 1. The van der Waals surface area contributed by atoms with Gasteiger partial charge >= 0.3 is 6.09 Å². The van der Waals surface area contributed by atoms with Crippen LogP contribution in [0.2, 0.25) is 0 Å². The highest BCUT2D eigenvalue weighted by atomic mass is 19.3. The van der Waals surface area contributed by atoms with Gasteiger partial charge in [-0.3, -0.25) is 10.7 Å². The van der Waals surface area contributed by atoms with Crippen LogP contribution in [0.5, 0.6) is 0 Å². The molecule has 0 fully saturated rings. The molecule has 3 N–H and O–H groups in total. The molecule has 192 valence electrons. The predicted octanol–water partition coefficient (Wildman–Crippen LogP) is 5.26. The fraction of sp³-hybridized carbons (Fsp3) is 0.346. The summed E-state index contributed by atoms with van der Waals surface area (Å²) in [5, 5.41) is 2.54. The van der Waals surface area contributed by atoms with Gasteiger partial charge in [-0.05, 0) is 37.5 Å². The Kier molecular flexibility index (Phi) is 9.13. The highest BCUT2D eigenvalue weighted by Gasteiger charge is 2.23. The molecule has 0 saturated heterocycles. The van der Waals surface area contributed by atoms with E-state index in [0.717, 1.165) is 24.0 Å². The van der Waals surface area contributed by atoms with E-state index in [4.69, 9.17) is 4.74 Å². The number of amides is 1. The van der Waals surface area contributed by atoms with E-state index in [2.05, 4.69) is 32.2 Å². The number of aromatic nitrogens is 2. The van der Waals surface area contributed by atoms with Crippen LogP contribution in [0.3, 0.4) is 0 Å². The number of nitrogens with one attached hydrogen (secondary N) is 3. The van der Waals surface area contributed by atoms with Crippen molar-refractivity contribution in [3.05, 3.63) is 77.0 Å². The highest BCUT2D eigenvalue weighted by Crippen LogP contribution is 2.27. The van der Waals surface area contributed by atoms with Crippen molar-refractivity contribution in [2.24, 2.45) is 0 Å². The molecule has 36 heavy (non-hydrogen) atoms. The molecule has 1 heterocycles. The number of anilines is 3. The number of benzene rings is 2. The second kappa shape index (κ2) is 12.3. The lowest BCUT2D eigenvalue weighted by atomic mass is 10.1. The van der Waals surface area contributed by atoms with E-state index in [9.17, 15) is 13.6 Å². The average Bonchev–Trinajstić information content (AvgIpc) is 2.81. The third-order valence-electron chi connectivity index (χ3n) is 5.25. The predicted molar refractivity (Wildman–Crippen MR) is 137 cm³/mol. The van der Waals surface area contributed by atoms with Crippen LogP contribution < -0.4 is 21.1 Å². The summed E-state index contributed by atoms with van der Waals surface area (Å²) in [5.41, 5.74) is 9.59. The number of hydrogen-bond acceptors (Lipinski definition) is 7. The van der Waals surface area contributed by atoms with Crippen molar-refractivity contribution in [2.75, 3.05) is 36.3 Å². The maximum atomic E-state index is 13.3. The van der Waals surface area contributed by atoms with Crippen molar-refractivity contribution in [2.45, 2.75) is 39.2 Å². The lowest BCUT2D eigenvalue weighted by Gasteiger charge is -2.15. The minimum atomic E-state index is -2.93. The van der Waals surface area contributed by atoms with E-state index in [1.807, 2.05) is 50.2 Å². The van der Waals surface area contributed by atoms with Crippen molar-refractivity contribution in [1.29, 1.82) is 0 Å². The second-order valence-corrected chi connectivity index (χ2v) is 8.73. The molecule has 1 amide bonds. The lowest BCUT2D eigenvalue weighted by molar-refractivity contribution is 0.0175. The Hall–Kier alpha value is -3.79. The lowest BCUT2D eigenvalue weighted by Crippen LogP contribution is -2.24. The van der Waals surface area contributed by atoms with Gasteiger partial charge in [-0.2, -0.15) is 4.98 Å². The van der Waals surface area contributed by atoms with Crippen LogP contribution in [-0.2, 0) is 23.6 Å². The summed E-state index contributed by atoms with van der Waals surface area (Å²) in [4.78, 5) is 23.0. The molecule has 0 bridgehead atoms. The van der Waals surface area contributed by atoms with E-state index in [-0.39, 0.29) is 12.2 Å². The van der Waals surface area contributed by atoms with Crippen molar-refractivity contribution in [1.82, 2.24) is 15.4 Å². The standard InChI is InChI=1S/C26H32F2N6O2/c1-18-7-5-8-19(15-18)17-29-33-24-30-22(16-23(32-24)34(3)4)9-6-14-36-25(35)31-21-12-10-20(11-13-21)26(2,27)28/h5,7-8,10-13,15-16,29H,6,9,14,17H2,1-4H3,(H,31,35)(H,30,32,33). The van der Waals surface area contributed by atoms with Crippen LogP contribution in [-0.4, -0.2) is 36.8 Å². The fourth-order valence-corrected chi connectivity index (χ4v) is 3.36. The Morgan fingerprint density at radius 2 is 1.83 bits per heavy atom. The number of rotatable bonds is 11. The topological polar surface area (TPSA) is 91.4 Å². The molecule has 3 aromatic rings. The number of halogens is 2. The zero-order chi connectivity index (χ0) is 26.1. The van der Waals surface area contributed by atoms with Crippen LogP contribution in [0.1, 0.15) is 35.7 Å². The van der Waals surface area contributed by atoms with Gasteiger partial charge < -0.3 is 9.64 Å². The third kappa shape index (κ3) is 8.46.